The maximum absolute atomic E-state index is 13.6. The lowest BCUT2D eigenvalue weighted by atomic mass is 9.79. The maximum Gasteiger partial charge on any atom is 0.404 e. The SMILES string of the molecule is CCC(=O)[C@@H](C)[C@@H](O)[C@H](C)CC(C)[C@H]1OC(=O)C[C@@]2(O)CC=C(C)C(O2)/C(C)=C\CCC[C@@H](O[C@@H]2C[C@@H](OC(N)=O)[C@H](O)[C@@H](C)O2)/C=C\[C@H](C)C[C@H]1C. The first-order chi connectivity index (χ1) is 24.8. The summed E-state index contributed by atoms with van der Waals surface area (Å²) in [7, 11) is 0. The van der Waals surface area contributed by atoms with Crippen LogP contribution in [0.2, 0.25) is 0 Å². The van der Waals surface area contributed by atoms with Crippen molar-refractivity contribution in [1.82, 2.24) is 0 Å². The summed E-state index contributed by atoms with van der Waals surface area (Å²) in [4.78, 5) is 37.5. The van der Waals surface area contributed by atoms with Crippen molar-refractivity contribution in [3.05, 3.63) is 35.5 Å². The largest absolute Gasteiger partial charge is 0.462 e. The number of esters is 1. The van der Waals surface area contributed by atoms with E-state index in [9.17, 15) is 29.7 Å². The standard InChI is InChI=1S/C41H67NO11/c1-10-32(43)29(8)36(45)26(5)20-28(7)38-27(6)19-23(2)15-16-31(50-35-21-33(51-40(42)47)37(46)30(9)49-35)14-12-11-13-24(3)39-25(4)17-18-41(48,53-39)22-34(44)52-38/h13,15-17,23,26-31,33,35-39,45-46,48H,10-12,14,18-22H2,1-9H3,(H2,42,47)/b16-15-,24-13-/t23-,26+,27+,28?,29+,30+,31+,33+,35+,36-,37+,38-,39?,41+/m0/s1. The van der Waals surface area contributed by atoms with Crippen LogP contribution in [0.25, 0.3) is 0 Å². The number of carbonyl (C=O) groups is 3. The van der Waals surface area contributed by atoms with E-state index in [0.717, 1.165) is 17.6 Å². The Labute approximate surface area is 316 Å². The molecule has 0 aromatic carbocycles. The van der Waals surface area contributed by atoms with Gasteiger partial charge in [0.2, 0.25) is 0 Å². The van der Waals surface area contributed by atoms with E-state index in [1.807, 2.05) is 46.8 Å². The molecule has 2 bridgehead atoms. The smallest absolute Gasteiger partial charge is 0.404 e. The summed E-state index contributed by atoms with van der Waals surface area (Å²) >= 11 is 0. The van der Waals surface area contributed by atoms with Crippen LogP contribution in [0.15, 0.2) is 35.5 Å². The molecule has 14 atom stereocenters. The van der Waals surface area contributed by atoms with Gasteiger partial charge >= 0.3 is 12.1 Å². The Hall–Kier alpha value is -2.61. The minimum Gasteiger partial charge on any atom is -0.462 e. The van der Waals surface area contributed by atoms with E-state index in [1.54, 1.807) is 20.8 Å². The number of fused-ring (bicyclic) bond motifs is 2. The second kappa shape index (κ2) is 20.3. The van der Waals surface area contributed by atoms with E-state index in [-0.39, 0.29) is 54.8 Å². The predicted molar refractivity (Wildman–Crippen MR) is 200 cm³/mol. The fraction of sp³-hybridized carbons (Fsp3) is 0.780. The number of primary amides is 1. The monoisotopic (exact) mass is 749 g/mol. The lowest BCUT2D eigenvalue weighted by Crippen LogP contribution is -2.50. The van der Waals surface area contributed by atoms with E-state index in [0.29, 0.717) is 32.1 Å². The highest BCUT2D eigenvalue weighted by Crippen LogP contribution is 2.35. The topological polar surface area (TPSA) is 184 Å². The number of hydrogen-bond acceptors (Lipinski definition) is 11. The van der Waals surface area contributed by atoms with Crippen molar-refractivity contribution in [3.63, 3.8) is 0 Å². The number of carbonyl (C=O) groups excluding carboxylic acids is 3. The number of Topliss-reactive ketones (excluding diaryl/α,β-unsaturated/α-hetero) is 1. The Morgan fingerprint density at radius 1 is 1.08 bits per heavy atom. The second-order valence-corrected chi connectivity index (χ2v) is 16.1. The molecule has 3 rings (SSSR count). The molecule has 0 aromatic rings. The zero-order valence-electron chi connectivity index (χ0n) is 33.4. The Balaban J connectivity index is 1.90. The number of aliphatic hydroxyl groups excluding tert-OH is 2. The van der Waals surface area contributed by atoms with E-state index in [2.05, 4.69) is 19.1 Å². The lowest BCUT2D eigenvalue weighted by Gasteiger charge is -2.38. The van der Waals surface area contributed by atoms with Crippen molar-refractivity contribution in [1.29, 1.82) is 0 Å². The first-order valence-electron chi connectivity index (χ1n) is 19.6. The van der Waals surface area contributed by atoms with Gasteiger partial charge < -0.3 is 44.7 Å². The highest BCUT2D eigenvalue weighted by atomic mass is 16.7. The summed E-state index contributed by atoms with van der Waals surface area (Å²) in [6.07, 6.45) is 5.26. The number of rotatable bonds is 10. The predicted octanol–water partition coefficient (Wildman–Crippen LogP) is 6.04. The Morgan fingerprint density at radius 2 is 1.75 bits per heavy atom. The molecular weight excluding hydrogens is 682 g/mol. The number of allylic oxidation sites excluding steroid dienone is 2. The molecule has 0 spiro atoms. The van der Waals surface area contributed by atoms with Gasteiger partial charge in [-0.15, -0.1) is 0 Å². The molecule has 2 unspecified atom stereocenters. The van der Waals surface area contributed by atoms with Gasteiger partial charge in [0.25, 0.3) is 0 Å². The van der Waals surface area contributed by atoms with Gasteiger partial charge in [-0.1, -0.05) is 65.8 Å². The van der Waals surface area contributed by atoms with Gasteiger partial charge in [0.15, 0.2) is 12.1 Å². The van der Waals surface area contributed by atoms with Gasteiger partial charge in [-0.3, -0.25) is 9.59 Å². The number of cyclic esters (lactones) is 1. The Bertz CT molecular complexity index is 1310. The molecule has 1 fully saturated rings. The zero-order chi connectivity index (χ0) is 39.6. The first kappa shape index (κ1) is 44.8. The summed E-state index contributed by atoms with van der Waals surface area (Å²) in [6.45, 7) is 17.2. The van der Waals surface area contributed by atoms with Crippen molar-refractivity contribution >= 4 is 17.8 Å². The van der Waals surface area contributed by atoms with Gasteiger partial charge in [-0.05, 0) is 87.7 Å². The van der Waals surface area contributed by atoms with Crippen LogP contribution in [0.5, 0.6) is 0 Å². The van der Waals surface area contributed by atoms with E-state index >= 15 is 0 Å². The normalized spacial score (nSPS) is 37.6. The zero-order valence-corrected chi connectivity index (χ0v) is 33.4. The average Bonchev–Trinajstić information content (AvgIpc) is 3.09. The number of amides is 1. The minimum absolute atomic E-state index is 0.00488. The average molecular weight is 750 g/mol. The number of hydrogen-bond donors (Lipinski definition) is 4. The van der Waals surface area contributed by atoms with Crippen molar-refractivity contribution < 1.29 is 53.4 Å². The van der Waals surface area contributed by atoms with Crippen LogP contribution in [-0.4, -0.2) is 88.0 Å². The summed E-state index contributed by atoms with van der Waals surface area (Å²) < 4.78 is 30.0. The molecule has 12 nitrogen and oxygen atoms in total. The summed E-state index contributed by atoms with van der Waals surface area (Å²) in [6, 6.07) is 0. The van der Waals surface area contributed by atoms with Gasteiger partial charge in [-0.2, -0.15) is 0 Å². The van der Waals surface area contributed by atoms with Crippen molar-refractivity contribution in [2.75, 3.05) is 0 Å². The van der Waals surface area contributed by atoms with Gasteiger partial charge in [0.1, 0.15) is 30.2 Å². The molecular formula is C41H67NO11. The van der Waals surface area contributed by atoms with Crippen molar-refractivity contribution in [2.24, 2.45) is 35.3 Å². The summed E-state index contributed by atoms with van der Waals surface area (Å²) in [5.74, 6) is -3.23. The summed E-state index contributed by atoms with van der Waals surface area (Å²) in [5, 5.41) is 33.1. The van der Waals surface area contributed by atoms with E-state index in [4.69, 9.17) is 29.4 Å². The molecule has 0 aromatic heterocycles. The number of aliphatic hydroxyl groups is 3. The maximum atomic E-state index is 13.6. The van der Waals surface area contributed by atoms with Gasteiger partial charge in [-0.25, -0.2) is 4.79 Å². The molecule has 302 valence electrons. The fourth-order valence-corrected chi connectivity index (χ4v) is 8.07. The Morgan fingerprint density at radius 3 is 2.42 bits per heavy atom. The number of ketones is 1. The molecule has 12 heteroatoms. The Kier molecular flexibility index (Phi) is 17.2. The summed E-state index contributed by atoms with van der Waals surface area (Å²) in [5.41, 5.74) is 7.13. The number of nitrogens with two attached hydrogens (primary N) is 1. The molecule has 3 aliphatic heterocycles. The molecule has 0 aliphatic carbocycles. The minimum atomic E-state index is -1.73. The van der Waals surface area contributed by atoms with E-state index in [1.165, 1.54) is 0 Å². The van der Waals surface area contributed by atoms with Crippen LogP contribution in [0.4, 0.5) is 4.79 Å². The molecule has 0 saturated carbocycles. The van der Waals surface area contributed by atoms with Crippen LogP contribution >= 0.6 is 0 Å². The van der Waals surface area contributed by atoms with Gasteiger partial charge in [0.05, 0.1) is 24.7 Å². The highest BCUT2D eigenvalue weighted by Gasteiger charge is 2.41. The number of ether oxygens (including phenoxy) is 5. The molecule has 53 heavy (non-hydrogen) atoms. The highest BCUT2D eigenvalue weighted by molar-refractivity contribution is 5.80. The molecule has 1 saturated heterocycles. The second-order valence-electron chi connectivity index (χ2n) is 16.1. The van der Waals surface area contributed by atoms with Crippen LogP contribution in [0.3, 0.4) is 0 Å². The third kappa shape index (κ3) is 13.3. The van der Waals surface area contributed by atoms with Crippen LogP contribution in [-0.2, 0) is 33.3 Å². The molecule has 5 N–H and O–H groups in total. The van der Waals surface area contributed by atoms with Crippen LogP contribution < -0.4 is 5.73 Å². The molecule has 3 aliphatic rings. The van der Waals surface area contributed by atoms with Crippen LogP contribution in [0.1, 0.15) is 120 Å². The van der Waals surface area contributed by atoms with Crippen molar-refractivity contribution in [3.8, 4) is 0 Å². The third-order valence-corrected chi connectivity index (χ3v) is 11.2. The fourth-order valence-electron chi connectivity index (χ4n) is 8.07. The first-order valence-corrected chi connectivity index (χ1v) is 19.6. The third-order valence-electron chi connectivity index (χ3n) is 11.2. The lowest BCUT2D eigenvalue weighted by molar-refractivity contribution is -0.254. The quantitative estimate of drug-likeness (QED) is 0.151. The van der Waals surface area contributed by atoms with E-state index < -0.39 is 66.7 Å². The molecule has 1 amide bonds. The molecule has 3 heterocycles. The molecule has 0 radical (unpaired) electrons. The van der Waals surface area contributed by atoms with Crippen LogP contribution in [0, 0.1) is 29.6 Å². The van der Waals surface area contributed by atoms with Crippen molar-refractivity contribution in [2.45, 2.75) is 175 Å². The van der Waals surface area contributed by atoms with Gasteiger partial charge in [0, 0.05) is 25.2 Å².